The highest BCUT2D eigenvalue weighted by molar-refractivity contribution is 7.99. The molecule has 1 N–H and O–H groups in total. The van der Waals surface area contributed by atoms with Crippen LogP contribution in [0.15, 0.2) is 18.2 Å². The van der Waals surface area contributed by atoms with Crippen molar-refractivity contribution in [1.82, 2.24) is 0 Å². The lowest BCUT2D eigenvalue weighted by atomic mass is 10.1. The molecule has 0 bridgehead atoms. The standard InChI is InChI=1S/C13H20O3S/c1-4-17-8-7-16-13-9-11(15-3)5-6-12(13)10(2)14/h5-6,9-10,14H,4,7-8H2,1-3H3/t10-/m0/s1. The lowest BCUT2D eigenvalue weighted by molar-refractivity contribution is 0.192. The predicted octanol–water partition coefficient (Wildman–Crippen LogP) is 2.88. The Labute approximate surface area is 107 Å². The minimum atomic E-state index is -0.533. The molecule has 0 fully saturated rings. The van der Waals surface area contributed by atoms with Crippen molar-refractivity contribution in [1.29, 1.82) is 0 Å². The van der Waals surface area contributed by atoms with Crippen LogP contribution in [0.3, 0.4) is 0 Å². The Morgan fingerprint density at radius 1 is 1.41 bits per heavy atom. The highest BCUT2D eigenvalue weighted by Gasteiger charge is 2.10. The van der Waals surface area contributed by atoms with Gasteiger partial charge in [0.05, 0.1) is 19.8 Å². The normalized spacial score (nSPS) is 12.2. The van der Waals surface area contributed by atoms with Crippen molar-refractivity contribution in [3.8, 4) is 11.5 Å². The van der Waals surface area contributed by atoms with E-state index in [1.807, 2.05) is 30.0 Å². The highest BCUT2D eigenvalue weighted by atomic mass is 32.2. The predicted molar refractivity (Wildman–Crippen MR) is 72.1 cm³/mol. The van der Waals surface area contributed by atoms with E-state index in [-0.39, 0.29) is 0 Å². The van der Waals surface area contributed by atoms with E-state index in [4.69, 9.17) is 9.47 Å². The number of hydrogen-bond donors (Lipinski definition) is 1. The van der Waals surface area contributed by atoms with Crippen molar-refractivity contribution in [2.24, 2.45) is 0 Å². The quantitative estimate of drug-likeness (QED) is 0.761. The number of aliphatic hydroxyl groups excluding tert-OH is 1. The monoisotopic (exact) mass is 256 g/mol. The van der Waals surface area contributed by atoms with E-state index < -0.39 is 6.10 Å². The molecule has 1 aromatic carbocycles. The van der Waals surface area contributed by atoms with Crippen molar-refractivity contribution < 1.29 is 14.6 Å². The SMILES string of the molecule is CCSCCOc1cc(OC)ccc1[C@H](C)O. The molecular weight excluding hydrogens is 236 g/mol. The summed E-state index contributed by atoms with van der Waals surface area (Å²) >= 11 is 1.83. The third kappa shape index (κ3) is 4.48. The summed E-state index contributed by atoms with van der Waals surface area (Å²) < 4.78 is 10.8. The van der Waals surface area contributed by atoms with Gasteiger partial charge in [-0.15, -0.1) is 0 Å². The summed E-state index contributed by atoms with van der Waals surface area (Å²) in [6, 6.07) is 5.49. The van der Waals surface area contributed by atoms with E-state index in [0.717, 1.165) is 22.8 Å². The average Bonchev–Trinajstić information content (AvgIpc) is 2.34. The molecule has 0 spiro atoms. The lowest BCUT2D eigenvalue weighted by Gasteiger charge is -2.14. The van der Waals surface area contributed by atoms with Crippen molar-refractivity contribution >= 4 is 11.8 Å². The van der Waals surface area contributed by atoms with Gasteiger partial charge in [-0.1, -0.05) is 6.92 Å². The average molecular weight is 256 g/mol. The maximum Gasteiger partial charge on any atom is 0.128 e. The summed E-state index contributed by atoms with van der Waals surface area (Å²) in [5.41, 5.74) is 0.798. The first-order chi connectivity index (χ1) is 8.19. The Bertz CT molecular complexity index is 339. The van der Waals surface area contributed by atoms with Crippen molar-refractivity contribution in [3.63, 3.8) is 0 Å². The molecule has 0 heterocycles. The fourth-order valence-electron chi connectivity index (χ4n) is 1.47. The fraction of sp³-hybridized carbons (Fsp3) is 0.538. The first-order valence-electron chi connectivity index (χ1n) is 5.75. The molecule has 0 aliphatic heterocycles. The largest absolute Gasteiger partial charge is 0.497 e. The van der Waals surface area contributed by atoms with Crippen LogP contribution in [0.2, 0.25) is 0 Å². The van der Waals surface area contributed by atoms with E-state index in [0.29, 0.717) is 12.4 Å². The molecule has 0 radical (unpaired) electrons. The molecule has 0 unspecified atom stereocenters. The van der Waals surface area contributed by atoms with Crippen molar-refractivity contribution in [2.75, 3.05) is 25.2 Å². The molecule has 0 aliphatic carbocycles. The van der Waals surface area contributed by atoms with Crippen LogP contribution in [0, 0.1) is 0 Å². The number of hydrogen-bond acceptors (Lipinski definition) is 4. The zero-order chi connectivity index (χ0) is 12.7. The van der Waals surface area contributed by atoms with Gasteiger partial charge in [0.2, 0.25) is 0 Å². The Kier molecular flexibility index (Phi) is 6.22. The smallest absolute Gasteiger partial charge is 0.128 e. The Morgan fingerprint density at radius 2 is 2.18 bits per heavy atom. The summed E-state index contributed by atoms with van der Waals surface area (Å²) in [7, 11) is 1.62. The molecule has 0 aromatic heterocycles. The lowest BCUT2D eigenvalue weighted by Crippen LogP contribution is -2.04. The van der Waals surface area contributed by atoms with Gasteiger partial charge in [0.25, 0.3) is 0 Å². The second kappa shape index (κ2) is 7.45. The molecule has 0 saturated carbocycles. The Morgan fingerprint density at radius 3 is 2.76 bits per heavy atom. The summed E-state index contributed by atoms with van der Waals surface area (Å²) in [6.07, 6.45) is -0.533. The molecule has 0 saturated heterocycles. The van der Waals surface area contributed by atoms with Gasteiger partial charge in [0.1, 0.15) is 11.5 Å². The van der Waals surface area contributed by atoms with Gasteiger partial charge < -0.3 is 14.6 Å². The summed E-state index contributed by atoms with van der Waals surface area (Å²) in [6.45, 7) is 4.50. The molecule has 1 atom stereocenters. The van der Waals surface area contributed by atoms with Crippen LogP contribution >= 0.6 is 11.8 Å². The molecule has 0 aliphatic rings. The molecule has 96 valence electrons. The summed E-state index contributed by atoms with van der Waals surface area (Å²) in [5, 5.41) is 9.64. The van der Waals surface area contributed by atoms with E-state index in [9.17, 15) is 5.11 Å². The van der Waals surface area contributed by atoms with Crippen LogP contribution in [0.25, 0.3) is 0 Å². The van der Waals surface area contributed by atoms with E-state index in [1.165, 1.54) is 0 Å². The Balaban J connectivity index is 2.71. The van der Waals surface area contributed by atoms with Crippen LogP contribution < -0.4 is 9.47 Å². The number of aliphatic hydroxyl groups is 1. The molecule has 17 heavy (non-hydrogen) atoms. The van der Waals surface area contributed by atoms with Gasteiger partial charge in [0, 0.05) is 17.4 Å². The Hall–Kier alpha value is -0.870. The van der Waals surface area contributed by atoms with Crippen molar-refractivity contribution in [2.45, 2.75) is 20.0 Å². The molecule has 1 rings (SSSR count). The van der Waals surface area contributed by atoms with E-state index in [2.05, 4.69) is 6.92 Å². The third-order valence-corrected chi connectivity index (χ3v) is 3.22. The maximum absolute atomic E-state index is 9.64. The molecule has 0 amide bonds. The van der Waals surface area contributed by atoms with Gasteiger partial charge in [-0.2, -0.15) is 11.8 Å². The van der Waals surface area contributed by atoms with Crippen LogP contribution in [-0.4, -0.2) is 30.3 Å². The zero-order valence-electron chi connectivity index (χ0n) is 10.6. The molecule has 3 nitrogen and oxygen atoms in total. The first-order valence-corrected chi connectivity index (χ1v) is 6.91. The number of benzene rings is 1. The number of methoxy groups -OCH3 is 1. The summed E-state index contributed by atoms with van der Waals surface area (Å²) in [5.74, 6) is 3.49. The fourth-order valence-corrected chi connectivity index (χ4v) is 1.96. The van der Waals surface area contributed by atoms with E-state index >= 15 is 0 Å². The van der Waals surface area contributed by atoms with Crippen molar-refractivity contribution in [3.05, 3.63) is 23.8 Å². The van der Waals surface area contributed by atoms with Gasteiger partial charge in [-0.3, -0.25) is 0 Å². The maximum atomic E-state index is 9.64. The minimum absolute atomic E-state index is 0.533. The topological polar surface area (TPSA) is 38.7 Å². The van der Waals surface area contributed by atoms with Gasteiger partial charge in [0.15, 0.2) is 0 Å². The van der Waals surface area contributed by atoms with E-state index in [1.54, 1.807) is 14.0 Å². The minimum Gasteiger partial charge on any atom is -0.497 e. The van der Waals surface area contributed by atoms with Crippen LogP contribution in [-0.2, 0) is 0 Å². The number of rotatable bonds is 7. The zero-order valence-corrected chi connectivity index (χ0v) is 11.4. The van der Waals surface area contributed by atoms with Crippen LogP contribution in [0.1, 0.15) is 25.5 Å². The van der Waals surface area contributed by atoms with Crippen LogP contribution in [0.5, 0.6) is 11.5 Å². The molecule has 1 aromatic rings. The molecular formula is C13H20O3S. The number of thioether (sulfide) groups is 1. The second-order valence-electron chi connectivity index (χ2n) is 3.63. The van der Waals surface area contributed by atoms with Gasteiger partial charge >= 0.3 is 0 Å². The molecule has 4 heteroatoms. The summed E-state index contributed by atoms with van der Waals surface area (Å²) in [4.78, 5) is 0. The van der Waals surface area contributed by atoms with Crippen LogP contribution in [0.4, 0.5) is 0 Å². The van der Waals surface area contributed by atoms with Gasteiger partial charge in [-0.25, -0.2) is 0 Å². The second-order valence-corrected chi connectivity index (χ2v) is 5.02. The highest BCUT2D eigenvalue weighted by Crippen LogP contribution is 2.29. The van der Waals surface area contributed by atoms with Gasteiger partial charge in [-0.05, 0) is 24.8 Å². The first kappa shape index (κ1) is 14.2. The number of ether oxygens (including phenoxy) is 2. The third-order valence-electron chi connectivity index (χ3n) is 2.36.